The molecule has 1 unspecified atom stereocenters. The monoisotopic (exact) mass is 509 g/mol. The average Bonchev–Trinajstić information content (AvgIpc) is 2.88. The van der Waals surface area contributed by atoms with Crippen LogP contribution in [0.2, 0.25) is 0 Å². The van der Waals surface area contributed by atoms with Crippen LogP contribution in [0.5, 0.6) is 11.5 Å². The van der Waals surface area contributed by atoms with E-state index >= 15 is 0 Å². The summed E-state index contributed by atoms with van der Waals surface area (Å²) >= 11 is 6.05. The summed E-state index contributed by atoms with van der Waals surface area (Å²) in [4.78, 5) is 30.4. The van der Waals surface area contributed by atoms with Gasteiger partial charge in [0.15, 0.2) is 0 Å². The van der Waals surface area contributed by atoms with E-state index in [1.165, 1.54) is 17.0 Å². The SMILES string of the molecule is Cc1cc(Oc2ccccc2)ccc1N(C(=O)CCl)C(C(=O)N1CCN[C@@H](C)C1)c1ccc(F)cc1. The van der Waals surface area contributed by atoms with E-state index in [9.17, 15) is 14.0 Å². The molecule has 6 nitrogen and oxygen atoms in total. The van der Waals surface area contributed by atoms with Crippen LogP contribution >= 0.6 is 11.6 Å². The zero-order valence-corrected chi connectivity index (χ0v) is 21.0. The van der Waals surface area contributed by atoms with Gasteiger partial charge in [-0.15, -0.1) is 11.6 Å². The van der Waals surface area contributed by atoms with Crippen molar-refractivity contribution in [2.24, 2.45) is 0 Å². The van der Waals surface area contributed by atoms with Gasteiger partial charge in [-0.1, -0.05) is 30.3 Å². The molecule has 1 aliphatic heterocycles. The molecule has 0 saturated carbocycles. The molecule has 3 aromatic rings. The number of hydrogen-bond acceptors (Lipinski definition) is 4. The van der Waals surface area contributed by atoms with Crippen LogP contribution in [0.1, 0.15) is 24.1 Å². The summed E-state index contributed by atoms with van der Waals surface area (Å²) in [5.41, 5.74) is 1.78. The summed E-state index contributed by atoms with van der Waals surface area (Å²) < 4.78 is 19.7. The van der Waals surface area contributed by atoms with Crippen molar-refractivity contribution in [2.75, 3.05) is 30.4 Å². The van der Waals surface area contributed by atoms with E-state index in [0.29, 0.717) is 42.4 Å². The second kappa shape index (κ2) is 11.5. The Kier molecular flexibility index (Phi) is 8.23. The van der Waals surface area contributed by atoms with Crippen LogP contribution in [0.3, 0.4) is 0 Å². The minimum Gasteiger partial charge on any atom is -0.457 e. The van der Waals surface area contributed by atoms with Crippen molar-refractivity contribution >= 4 is 29.1 Å². The van der Waals surface area contributed by atoms with Crippen molar-refractivity contribution in [2.45, 2.75) is 25.9 Å². The largest absolute Gasteiger partial charge is 0.457 e. The molecule has 0 bridgehead atoms. The highest BCUT2D eigenvalue weighted by molar-refractivity contribution is 6.30. The number of anilines is 1. The van der Waals surface area contributed by atoms with Gasteiger partial charge < -0.3 is 15.0 Å². The van der Waals surface area contributed by atoms with E-state index in [2.05, 4.69) is 5.32 Å². The smallest absolute Gasteiger partial charge is 0.250 e. The Hall–Kier alpha value is -3.42. The second-order valence-corrected chi connectivity index (χ2v) is 9.12. The highest BCUT2D eigenvalue weighted by Gasteiger charge is 2.37. The van der Waals surface area contributed by atoms with Crippen LogP contribution in [-0.4, -0.2) is 48.3 Å². The fourth-order valence-corrected chi connectivity index (χ4v) is 4.55. The number of piperazine rings is 1. The molecule has 1 saturated heterocycles. The number of carbonyl (C=O) groups is 2. The molecule has 3 aromatic carbocycles. The molecule has 0 aliphatic carbocycles. The Morgan fingerprint density at radius 3 is 2.47 bits per heavy atom. The number of amides is 2. The Morgan fingerprint density at radius 1 is 1.11 bits per heavy atom. The van der Waals surface area contributed by atoms with Gasteiger partial charge in [0.05, 0.1) is 0 Å². The van der Waals surface area contributed by atoms with Crippen LogP contribution in [0.15, 0.2) is 72.8 Å². The maximum absolute atomic E-state index is 13.9. The average molecular weight is 510 g/mol. The highest BCUT2D eigenvalue weighted by Crippen LogP contribution is 2.35. The van der Waals surface area contributed by atoms with Gasteiger partial charge in [0, 0.05) is 31.4 Å². The van der Waals surface area contributed by atoms with Gasteiger partial charge in [0.2, 0.25) is 5.91 Å². The summed E-state index contributed by atoms with van der Waals surface area (Å²) in [6, 6.07) is 19.5. The van der Waals surface area contributed by atoms with Gasteiger partial charge in [-0.05, 0) is 67.4 Å². The minimum atomic E-state index is -0.998. The molecule has 0 spiro atoms. The van der Waals surface area contributed by atoms with Gasteiger partial charge in [-0.25, -0.2) is 4.39 Å². The van der Waals surface area contributed by atoms with E-state index < -0.39 is 17.8 Å². The minimum absolute atomic E-state index is 0.116. The van der Waals surface area contributed by atoms with Crippen molar-refractivity contribution in [1.82, 2.24) is 10.2 Å². The molecule has 1 N–H and O–H groups in total. The first-order chi connectivity index (χ1) is 17.4. The molecule has 36 heavy (non-hydrogen) atoms. The maximum Gasteiger partial charge on any atom is 0.250 e. The van der Waals surface area contributed by atoms with E-state index in [4.69, 9.17) is 16.3 Å². The number of nitrogens with one attached hydrogen (secondary N) is 1. The van der Waals surface area contributed by atoms with Gasteiger partial charge in [0.25, 0.3) is 5.91 Å². The van der Waals surface area contributed by atoms with Crippen LogP contribution in [0.4, 0.5) is 10.1 Å². The van der Waals surface area contributed by atoms with Gasteiger partial charge in [-0.2, -0.15) is 0 Å². The third-order valence-corrected chi connectivity index (χ3v) is 6.38. The lowest BCUT2D eigenvalue weighted by Gasteiger charge is -2.38. The van der Waals surface area contributed by atoms with Gasteiger partial charge >= 0.3 is 0 Å². The number of halogens is 2. The van der Waals surface area contributed by atoms with Crippen molar-refractivity contribution in [3.8, 4) is 11.5 Å². The van der Waals surface area contributed by atoms with Crippen LogP contribution in [0.25, 0.3) is 0 Å². The van der Waals surface area contributed by atoms with Crippen LogP contribution in [0, 0.1) is 12.7 Å². The Morgan fingerprint density at radius 2 is 1.83 bits per heavy atom. The number of rotatable bonds is 7. The zero-order valence-electron chi connectivity index (χ0n) is 20.3. The Labute approximate surface area is 215 Å². The van der Waals surface area contributed by atoms with E-state index in [1.807, 2.05) is 50.2 Å². The van der Waals surface area contributed by atoms with Crippen molar-refractivity contribution < 1.29 is 18.7 Å². The van der Waals surface area contributed by atoms with Crippen molar-refractivity contribution in [3.63, 3.8) is 0 Å². The maximum atomic E-state index is 13.9. The number of alkyl halides is 1. The van der Waals surface area contributed by atoms with E-state index in [1.54, 1.807) is 29.2 Å². The fourth-order valence-electron chi connectivity index (χ4n) is 4.42. The summed E-state index contributed by atoms with van der Waals surface area (Å²) in [6.45, 7) is 5.51. The summed E-state index contributed by atoms with van der Waals surface area (Å²) in [6.07, 6.45) is 0. The van der Waals surface area contributed by atoms with E-state index in [-0.39, 0.29) is 17.8 Å². The first-order valence-corrected chi connectivity index (χ1v) is 12.4. The lowest BCUT2D eigenvalue weighted by atomic mass is 10.0. The predicted molar refractivity (Wildman–Crippen MR) is 139 cm³/mol. The van der Waals surface area contributed by atoms with Crippen molar-refractivity contribution in [1.29, 1.82) is 0 Å². The molecule has 0 aromatic heterocycles. The Bertz CT molecular complexity index is 1210. The number of hydrogen-bond donors (Lipinski definition) is 1. The predicted octanol–water partition coefficient (Wildman–Crippen LogP) is 5.06. The van der Waals surface area contributed by atoms with Crippen LogP contribution in [-0.2, 0) is 9.59 Å². The molecular formula is C28H29ClFN3O3. The molecule has 1 aliphatic rings. The number of nitrogens with zero attached hydrogens (tertiary/aromatic N) is 2. The summed E-state index contributed by atoms with van der Waals surface area (Å²) in [5.74, 6) is -0.119. The second-order valence-electron chi connectivity index (χ2n) is 8.85. The molecular weight excluding hydrogens is 481 g/mol. The quantitative estimate of drug-likeness (QED) is 0.452. The topological polar surface area (TPSA) is 61.9 Å². The zero-order chi connectivity index (χ0) is 25.7. The molecule has 1 fully saturated rings. The summed E-state index contributed by atoms with van der Waals surface area (Å²) in [7, 11) is 0. The Balaban J connectivity index is 1.75. The lowest BCUT2D eigenvalue weighted by Crippen LogP contribution is -2.55. The normalized spacial score (nSPS) is 16.3. The van der Waals surface area contributed by atoms with Gasteiger partial charge in [-0.3, -0.25) is 14.5 Å². The molecule has 2 amide bonds. The lowest BCUT2D eigenvalue weighted by molar-refractivity contribution is -0.135. The third kappa shape index (κ3) is 5.86. The number of ether oxygens (including phenoxy) is 1. The first kappa shape index (κ1) is 25.7. The molecule has 2 atom stereocenters. The molecule has 8 heteroatoms. The number of carbonyl (C=O) groups excluding carboxylic acids is 2. The number of para-hydroxylation sites is 1. The summed E-state index contributed by atoms with van der Waals surface area (Å²) in [5, 5.41) is 3.32. The molecule has 4 rings (SSSR count). The van der Waals surface area contributed by atoms with Crippen LogP contribution < -0.4 is 15.0 Å². The number of aryl methyl sites for hydroxylation is 1. The standard InChI is InChI=1S/C28H29ClFN3O3/c1-19-16-24(36-23-6-4-3-5-7-23)12-13-25(19)33(26(34)17-29)27(21-8-10-22(30)11-9-21)28(35)32-15-14-31-20(2)18-32/h3-13,16,20,27,31H,14-15,17-18H2,1-2H3/t20-,27?/m0/s1. The highest BCUT2D eigenvalue weighted by atomic mass is 35.5. The molecule has 1 heterocycles. The molecule has 0 radical (unpaired) electrons. The van der Waals surface area contributed by atoms with Crippen molar-refractivity contribution in [3.05, 3.63) is 89.7 Å². The van der Waals surface area contributed by atoms with E-state index in [0.717, 1.165) is 5.56 Å². The first-order valence-electron chi connectivity index (χ1n) is 11.9. The van der Waals surface area contributed by atoms with Gasteiger partial charge in [0.1, 0.15) is 29.2 Å². The number of benzene rings is 3. The fraction of sp³-hybridized carbons (Fsp3) is 0.286. The molecule has 188 valence electrons. The third-order valence-electron chi connectivity index (χ3n) is 6.15.